The summed E-state index contributed by atoms with van der Waals surface area (Å²) >= 11 is 0. The summed E-state index contributed by atoms with van der Waals surface area (Å²) in [6, 6.07) is 9.19. The summed E-state index contributed by atoms with van der Waals surface area (Å²) in [5, 5.41) is 24.2. The minimum Gasteiger partial charge on any atom is -0.507 e. The number of aromatic nitrogens is 4. The summed E-state index contributed by atoms with van der Waals surface area (Å²) in [6.07, 6.45) is 1.87. The molecule has 29 heavy (non-hydrogen) atoms. The van der Waals surface area contributed by atoms with Crippen LogP contribution >= 0.6 is 0 Å². The first-order valence-electron chi connectivity index (χ1n) is 8.99. The zero-order valence-electron chi connectivity index (χ0n) is 16.6. The summed E-state index contributed by atoms with van der Waals surface area (Å²) < 4.78 is 6.97. The van der Waals surface area contributed by atoms with Gasteiger partial charge in [0.15, 0.2) is 17.7 Å². The largest absolute Gasteiger partial charge is 0.507 e. The number of nitrogens with zero attached hydrogens (tertiary/aromatic N) is 4. The quantitative estimate of drug-likeness (QED) is 0.298. The molecule has 1 atom stereocenters. The molecule has 2 heterocycles. The number of ether oxygens (including phenoxy) is 1. The number of allylic oxidation sites excluding steroid dienone is 1. The van der Waals surface area contributed by atoms with Crippen LogP contribution in [-0.4, -0.2) is 36.9 Å². The monoisotopic (exact) mass is 391 g/mol. The number of carbonyl (C=O) groups excluding carboxylic acids is 1. The molecule has 148 valence electrons. The Morgan fingerprint density at radius 2 is 2.10 bits per heavy atom. The minimum atomic E-state index is -1.02. The highest BCUT2D eigenvalue weighted by atomic mass is 16.5. The lowest BCUT2D eigenvalue weighted by molar-refractivity contribution is -0.141. The molecule has 0 fully saturated rings. The highest BCUT2D eigenvalue weighted by molar-refractivity contribution is 5.88. The lowest BCUT2D eigenvalue weighted by Crippen LogP contribution is -2.17. The van der Waals surface area contributed by atoms with Crippen LogP contribution in [0.1, 0.15) is 29.7 Å². The number of H-pyrrole nitrogens is 1. The molecule has 3 rings (SSSR count). The first kappa shape index (κ1) is 19.9. The maximum absolute atomic E-state index is 12.2. The molecule has 0 amide bonds. The van der Waals surface area contributed by atoms with Gasteiger partial charge in [-0.25, -0.2) is 9.78 Å². The Kier molecular flexibility index (Phi) is 5.50. The third-order valence-corrected chi connectivity index (χ3v) is 4.62. The second-order valence-electron chi connectivity index (χ2n) is 6.60. The molecule has 0 aliphatic heterocycles. The predicted molar refractivity (Wildman–Crippen MR) is 109 cm³/mol. The van der Waals surface area contributed by atoms with Crippen molar-refractivity contribution in [2.45, 2.75) is 26.9 Å². The van der Waals surface area contributed by atoms with Gasteiger partial charge in [-0.1, -0.05) is 12.1 Å². The molecule has 1 aromatic carbocycles. The van der Waals surface area contributed by atoms with Crippen molar-refractivity contribution in [3.8, 4) is 6.07 Å². The van der Waals surface area contributed by atoms with Crippen LogP contribution in [0.5, 0.6) is 0 Å². The van der Waals surface area contributed by atoms with Gasteiger partial charge in [0.05, 0.1) is 16.7 Å². The van der Waals surface area contributed by atoms with E-state index in [1.807, 2.05) is 45.2 Å². The molecular weight excluding hydrogens is 370 g/mol. The number of para-hydroxylation sites is 2. The number of hydrogen-bond acceptors (Lipinski definition) is 6. The SMILES string of the molecule is Cc1nn(C)c(C)c1/C=C/C(=O)O[C@H](C)/C(O)=C(\C#N)c1nc2ccccc2[nH]1. The second kappa shape index (κ2) is 8.02. The number of hydrogen-bond donors (Lipinski definition) is 2. The van der Waals surface area contributed by atoms with Crippen LogP contribution in [0.15, 0.2) is 36.1 Å². The maximum atomic E-state index is 12.2. The number of aromatic amines is 1. The van der Waals surface area contributed by atoms with E-state index in [0.717, 1.165) is 22.5 Å². The molecule has 0 spiro atoms. The van der Waals surface area contributed by atoms with E-state index < -0.39 is 12.1 Å². The maximum Gasteiger partial charge on any atom is 0.331 e. The number of benzene rings is 1. The molecule has 3 aromatic rings. The van der Waals surface area contributed by atoms with Crippen molar-refractivity contribution in [2.24, 2.45) is 7.05 Å². The third-order valence-electron chi connectivity index (χ3n) is 4.62. The predicted octanol–water partition coefficient (Wildman–Crippen LogP) is 3.35. The highest BCUT2D eigenvalue weighted by Gasteiger charge is 2.20. The molecule has 0 aliphatic carbocycles. The summed E-state index contributed by atoms with van der Waals surface area (Å²) in [4.78, 5) is 19.5. The van der Waals surface area contributed by atoms with Gasteiger partial charge in [0.2, 0.25) is 0 Å². The van der Waals surface area contributed by atoms with Gasteiger partial charge in [-0.15, -0.1) is 0 Å². The Morgan fingerprint density at radius 3 is 2.72 bits per heavy atom. The fourth-order valence-electron chi connectivity index (χ4n) is 2.96. The van der Waals surface area contributed by atoms with Crippen LogP contribution in [-0.2, 0) is 16.6 Å². The van der Waals surface area contributed by atoms with Gasteiger partial charge in [0.1, 0.15) is 11.6 Å². The molecule has 0 radical (unpaired) electrons. The third kappa shape index (κ3) is 4.04. The van der Waals surface area contributed by atoms with Crippen molar-refractivity contribution in [1.29, 1.82) is 5.26 Å². The fourth-order valence-corrected chi connectivity index (χ4v) is 2.96. The number of aliphatic hydroxyl groups is 1. The first-order valence-corrected chi connectivity index (χ1v) is 8.99. The van der Waals surface area contributed by atoms with Gasteiger partial charge < -0.3 is 14.8 Å². The van der Waals surface area contributed by atoms with Gasteiger partial charge in [-0.3, -0.25) is 4.68 Å². The summed E-state index contributed by atoms with van der Waals surface area (Å²) in [5.41, 5.74) is 3.86. The highest BCUT2D eigenvalue weighted by Crippen LogP contribution is 2.21. The second-order valence-corrected chi connectivity index (χ2v) is 6.60. The number of nitrogens with one attached hydrogen (secondary N) is 1. The number of imidazole rings is 1. The standard InChI is InChI=1S/C21H21N5O3/c1-12-15(13(2)26(4)25-12)9-10-19(27)29-14(3)20(28)16(11-22)21-23-17-7-5-6-8-18(17)24-21/h5-10,14,28H,1-4H3,(H,23,24)/b10-9+,20-16-/t14-/m1/s1. The normalized spacial score (nSPS) is 13.3. The van der Waals surface area contributed by atoms with E-state index >= 15 is 0 Å². The number of carbonyl (C=O) groups is 1. The summed E-state index contributed by atoms with van der Waals surface area (Å²) in [5.74, 6) is -0.804. The van der Waals surface area contributed by atoms with Crippen molar-refractivity contribution < 1.29 is 14.6 Å². The van der Waals surface area contributed by atoms with E-state index in [2.05, 4.69) is 15.1 Å². The van der Waals surface area contributed by atoms with Crippen LogP contribution in [0.2, 0.25) is 0 Å². The molecule has 0 bridgehead atoms. The van der Waals surface area contributed by atoms with Gasteiger partial charge >= 0.3 is 5.97 Å². The molecular formula is C21H21N5O3. The van der Waals surface area contributed by atoms with Gasteiger partial charge in [-0.2, -0.15) is 10.4 Å². The van der Waals surface area contributed by atoms with Gasteiger partial charge in [-0.05, 0) is 39.0 Å². The van der Waals surface area contributed by atoms with E-state index in [1.165, 1.54) is 13.0 Å². The zero-order valence-corrected chi connectivity index (χ0v) is 16.6. The van der Waals surface area contributed by atoms with Crippen LogP contribution < -0.4 is 0 Å². The first-order chi connectivity index (χ1) is 13.8. The Labute approximate surface area is 167 Å². The van der Waals surface area contributed by atoms with E-state index in [-0.39, 0.29) is 17.2 Å². The number of rotatable bonds is 5. The average molecular weight is 391 g/mol. The molecule has 0 saturated carbocycles. The number of fused-ring (bicyclic) bond motifs is 1. The molecule has 0 saturated heterocycles. The van der Waals surface area contributed by atoms with Gasteiger partial charge in [0, 0.05) is 24.4 Å². The topological polar surface area (TPSA) is 117 Å². The average Bonchev–Trinajstić information content (AvgIpc) is 3.21. The minimum absolute atomic E-state index is 0.0792. The van der Waals surface area contributed by atoms with Gasteiger partial charge in [0.25, 0.3) is 0 Å². The lowest BCUT2D eigenvalue weighted by atomic mass is 10.1. The Morgan fingerprint density at radius 1 is 1.38 bits per heavy atom. The van der Waals surface area contributed by atoms with E-state index in [1.54, 1.807) is 16.8 Å². The Hall–Kier alpha value is -3.86. The van der Waals surface area contributed by atoms with Crippen LogP contribution in [0.3, 0.4) is 0 Å². The van der Waals surface area contributed by atoms with Crippen LogP contribution in [0.4, 0.5) is 0 Å². The Bertz CT molecular complexity index is 1140. The van der Waals surface area contributed by atoms with E-state index in [0.29, 0.717) is 5.52 Å². The van der Waals surface area contributed by atoms with Crippen molar-refractivity contribution in [3.05, 3.63) is 58.9 Å². The summed E-state index contributed by atoms with van der Waals surface area (Å²) in [7, 11) is 1.82. The number of nitriles is 1. The molecule has 0 unspecified atom stereocenters. The molecule has 2 N–H and O–H groups in total. The fraction of sp³-hybridized carbons (Fsp3) is 0.238. The lowest BCUT2D eigenvalue weighted by Gasteiger charge is -2.12. The number of aliphatic hydroxyl groups excluding tert-OH is 1. The van der Waals surface area contributed by atoms with Crippen LogP contribution in [0, 0.1) is 25.2 Å². The zero-order chi connectivity index (χ0) is 21.1. The van der Waals surface area contributed by atoms with Crippen molar-refractivity contribution >= 4 is 28.7 Å². The van der Waals surface area contributed by atoms with Crippen molar-refractivity contribution in [3.63, 3.8) is 0 Å². The molecule has 2 aromatic heterocycles. The molecule has 8 heteroatoms. The van der Waals surface area contributed by atoms with E-state index in [4.69, 9.17) is 4.74 Å². The Balaban J connectivity index is 1.79. The van der Waals surface area contributed by atoms with Crippen molar-refractivity contribution in [2.75, 3.05) is 0 Å². The smallest absolute Gasteiger partial charge is 0.331 e. The van der Waals surface area contributed by atoms with Crippen molar-refractivity contribution in [1.82, 2.24) is 19.7 Å². The molecule has 0 aliphatic rings. The number of aryl methyl sites for hydroxylation is 2. The van der Waals surface area contributed by atoms with E-state index in [9.17, 15) is 15.2 Å². The number of esters is 1. The molecule has 8 nitrogen and oxygen atoms in total. The summed E-state index contributed by atoms with van der Waals surface area (Å²) in [6.45, 7) is 5.23. The van der Waals surface area contributed by atoms with Crippen LogP contribution in [0.25, 0.3) is 22.7 Å².